The maximum Gasteiger partial charge on any atom is 0.248 e. The molecular formula is C27H25ClFN5O2. The summed E-state index contributed by atoms with van der Waals surface area (Å²) in [6, 6.07) is 7.98. The van der Waals surface area contributed by atoms with Crippen molar-refractivity contribution in [1.29, 1.82) is 0 Å². The average Bonchev–Trinajstić information content (AvgIpc) is 3.38. The number of ether oxygens (including phenoxy) is 1. The number of hydrogen-bond acceptors (Lipinski definition) is 6. The van der Waals surface area contributed by atoms with Crippen molar-refractivity contribution in [3.8, 4) is 11.8 Å². The maximum atomic E-state index is 13.6. The number of amides is 1. The Hall–Kier alpha value is -3.51. The fourth-order valence-electron chi connectivity index (χ4n) is 4.21. The molecule has 1 aromatic heterocycles. The van der Waals surface area contributed by atoms with Crippen molar-refractivity contribution in [3.63, 3.8) is 0 Å². The van der Waals surface area contributed by atoms with E-state index in [-0.39, 0.29) is 16.3 Å². The van der Waals surface area contributed by atoms with Crippen molar-refractivity contribution in [2.75, 3.05) is 44.5 Å². The molecule has 7 nitrogen and oxygen atoms in total. The van der Waals surface area contributed by atoms with Crippen LogP contribution in [0.25, 0.3) is 10.9 Å². The molecule has 1 saturated carbocycles. The Morgan fingerprint density at radius 2 is 2.19 bits per heavy atom. The van der Waals surface area contributed by atoms with Crippen molar-refractivity contribution >= 4 is 45.6 Å². The summed E-state index contributed by atoms with van der Waals surface area (Å²) in [5, 5.41) is 6.79. The molecule has 184 valence electrons. The predicted molar refractivity (Wildman–Crippen MR) is 139 cm³/mol. The minimum atomic E-state index is -0.504. The molecule has 9 heteroatoms. The number of nitrogens with zero attached hydrogens (tertiary/aromatic N) is 3. The van der Waals surface area contributed by atoms with Crippen LogP contribution in [0.1, 0.15) is 12.0 Å². The first-order valence-corrected chi connectivity index (χ1v) is 11.9. The van der Waals surface area contributed by atoms with E-state index in [4.69, 9.17) is 16.3 Å². The SMILES string of the molecule is CN(C)CC=CC(=O)Nc1cc2c(Nc3ccc(F)c(Cl)c3)ncnc2cc1C#CC12COCC1C2. The van der Waals surface area contributed by atoms with E-state index in [1.54, 1.807) is 18.2 Å². The van der Waals surface area contributed by atoms with Crippen LogP contribution in [-0.2, 0) is 9.53 Å². The van der Waals surface area contributed by atoms with E-state index in [0.717, 1.165) is 13.0 Å². The van der Waals surface area contributed by atoms with E-state index in [9.17, 15) is 9.18 Å². The Bertz CT molecular complexity index is 1430. The quantitative estimate of drug-likeness (QED) is 0.376. The highest BCUT2D eigenvalue weighted by molar-refractivity contribution is 6.31. The molecule has 2 heterocycles. The number of hydrogen-bond donors (Lipinski definition) is 2. The number of carbonyl (C=O) groups is 1. The molecular weight excluding hydrogens is 481 g/mol. The number of likely N-dealkylation sites (N-methyl/N-ethyl adjacent to an activating group) is 1. The average molecular weight is 506 g/mol. The van der Waals surface area contributed by atoms with Gasteiger partial charge in [0.1, 0.15) is 18.0 Å². The van der Waals surface area contributed by atoms with Gasteiger partial charge in [-0.3, -0.25) is 4.79 Å². The summed E-state index contributed by atoms with van der Waals surface area (Å²) in [6.45, 7) is 2.04. The van der Waals surface area contributed by atoms with Crippen LogP contribution in [0.3, 0.4) is 0 Å². The number of fused-ring (bicyclic) bond motifs is 2. The Morgan fingerprint density at radius 1 is 1.33 bits per heavy atom. The fraction of sp³-hybridized carbons (Fsp3) is 0.296. The fourth-order valence-corrected chi connectivity index (χ4v) is 4.39. The molecule has 5 rings (SSSR count). The van der Waals surface area contributed by atoms with Crippen molar-refractivity contribution in [3.05, 3.63) is 65.2 Å². The number of halogens is 2. The Labute approximate surface area is 213 Å². The molecule has 2 fully saturated rings. The molecule has 3 aromatic rings. The zero-order valence-electron chi connectivity index (χ0n) is 19.9. The number of benzene rings is 2. The first-order chi connectivity index (χ1) is 17.3. The molecule has 1 saturated heterocycles. The zero-order valence-corrected chi connectivity index (χ0v) is 20.7. The van der Waals surface area contributed by atoms with Gasteiger partial charge in [-0.05, 0) is 50.8 Å². The first kappa shape index (κ1) is 24.2. The Morgan fingerprint density at radius 3 is 2.92 bits per heavy atom. The van der Waals surface area contributed by atoms with Gasteiger partial charge in [-0.25, -0.2) is 14.4 Å². The van der Waals surface area contributed by atoms with Crippen LogP contribution in [0.5, 0.6) is 0 Å². The van der Waals surface area contributed by atoms with Crippen LogP contribution < -0.4 is 10.6 Å². The summed E-state index contributed by atoms with van der Waals surface area (Å²) >= 11 is 5.94. The van der Waals surface area contributed by atoms with Crippen LogP contribution in [-0.4, -0.2) is 54.6 Å². The van der Waals surface area contributed by atoms with Gasteiger partial charge in [0.2, 0.25) is 5.91 Å². The second-order valence-corrected chi connectivity index (χ2v) is 9.77. The van der Waals surface area contributed by atoms with E-state index < -0.39 is 5.82 Å². The van der Waals surface area contributed by atoms with Crippen molar-refractivity contribution in [1.82, 2.24) is 14.9 Å². The van der Waals surface area contributed by atoms with Crippen LogP contribution in [0, 0.1) is 29.0 Å². The summed E-state index contributed by atoms with van der Waals surface area (Å²) in [6.07, 6.45) is 5.78. The lowest BCUT2D eigenvalue weighted by molar-refractivity contribution is -0.111. The first-order valence-electron chi connectivity index (χ1n) is 11.6. The number of nitrogens with one attached hydrogen (secondary N) is 2. The lowest BCUT2D eigenvalue weighted by Gasteiger charge is -2.12. The van der Waals surface area contributed by atoms with Gasteiger partial charge in [0.15, 0.2) is 0 Å². The number of rotatable bonds is 6. The molecule has 1 aliphatic carbocycles. The van der Waals surface area contributed by atoms with E-state index in [0.29, 0.717) is 52.7 Å². The van der Waals surface area contributed by atoms with Gasteiger partial charge in [0.25, 0.3) is 0 Å². The zero-order chi connectivity index (χ0) is 25.3. The number of aromatic nitrogens is 2. The highest BCUT2D eigenvalue weighted by Gasteiger charge is 2.57. The highest BCUT2D eigenvalue weighted by atomic mass is 35.5. The minimum absolute atomic E-state index is 0.00188. The molecule has 2 N–H and O–H groups in total. The Balaban J connectivity index is 1.51. The summed E-state index contributed by atoms with van der Waals surface area (Å²) < 4.78 is 19.2. The van der Waals surface area contributed by atoms with Gasteiger partial charge in [-0.15, -0.1) is 0 Å². The van der Waals surface area contributed by atoms with Gasteiger partial charge >= 0.3 is 0 Å². The van der Waals surface area contributed by atoms with Crippen LogP contribution >= 0.6 is 11.6 Å². The summed E-state index contributed by atoms with van der Waals surface area (Å²) in [4.78, 5) is 23.4. The smallest absolute Gasteiger partial charge is 0.248 e. The van der Waals surface area contributed by atoms with Crippen molar-refractivity contribution < 1.29 is 13.9 Å². The molecule has 36 heavy (non-hydrogen) atoms. The largest absolute Gasteiger partial charge is 0.380 e. The van der Waals surface area contributed by atoms with Crippen LogP contribution in [0.4, 0.5) is 21.6 Å². The third-order valence-electron chi connectivity index (χ3n) is 6.31. The highest BCUT2D eigenvalue weighted by Crippen LogP contribution is 2.56. The van der Waals surface area contributed by atoms with Gasteiger partial charge in [-0.1, -0.05) is 29.5 Å². The second-order valence-electron chi connectivity index (χ2n) is 9.37. The molecule has 0 spiro atoms. The van der Waals surface area contributed by atoms with Gasteiger partial charge in [0, 0.05) is 29.6 Å². The minimum Gasteiger partial charge on any atom is -0.380 e. The standard InChI is InChI=1S/C27H25ClFN5O2/c1-34(2)9-3-4-25(35)33-23-12-20-24(10-17(23)7-8-27-13-18(27)14-36-15-27)30-16-31-26(20)32-19-5-6-22(29)21(28)11-19/h3-6,10-12,16,18H,9,13-15H2,1-2H3,(H,33,35)(H,30,31,32). The predicted octanol–water partition coefficient (Wildman–Crippen LogP) is 4.61. The number of carbonyl (C=O) groups excluding carboxylic acids is 1. The summed E-state index contributed by atoms with van der Waals surface area (Å²) in [5.74, 6) is 6.88. The second kappa shape index (κ2) is 9.86. The molecule has 0 bridgehead atoms. The van der Waals surface area contributed by atoms with Gasteiger partial charge in [-0.2, -0.15) is 0 Å². The maximum absolute atomic E-state index is 13.6. The van der Waals surface area contributed by atoms with Crippen LogP contribution in [0.15, 0.2) is 48.8 Å². The van der Waals surface area contributed by atoms with Crippen molar-refractivity contribution in [2.45, 2.75) is 6.42 Å². The van der Waals surface area contributed by atoms with Crippen LogP contribution in [0.2, 0.25) is 5.02 Å². The number of anilines is 3. The lowest BCUT2D eigenvalue weighted by Crippen LogP contribution is -2.13. The van der Waals surface area contributed by atoms with Crippen molar-refractivity contribution in [2.24, 2.45) is 11.3 Å². The lowest BCUT2D eigenvalue weighted by atomic mass is 10.0. The van der Waals surface area contributed by atoms with E-state index in [2.05, 4.69) is 32.4 Å². The summed E-state index contributed by atoms with van der Waals surface area (Å²) in [7, 11) is 3.86. The van der Waals surface area contributed by atoms with Gasteiger partial charge < -0.3 is 20.3 Å². The molecule has 2 unspecified atom stereocenters. The van der Waals surface area contributed by atoms with Gasteiger partial charge in [0.05, 0.1) is 40.4 Å². The summed E-state index contributed by atoms with van der Waals surface area (Å²) in [5.41, 5.74) is 2.36. The molecule has 1 aliphatic heterocycles. The molecule has 2 atom stereocenters. The van der Waals surface area contributed by atoms with E-state index >= 15 is 0 Å². The normalized spacial score (nSPS) is 20.3. The van der Waals surface area contributed by atoms with E-state index in [1.807, 2.05) is 25.1 Å². The molecule has 0 radical (unpaired) electrons. The molecule has 2 aromatic carbocycles. The Kier molecular flexibility index (Phi) is 6.63. The molecule has 2 aliphatic rings. The molecule has 1 amide bonds. The third-order valence-corrected chi connectivity index (χ3v) is 6.60. The van der Waals surface area contributed by atoms with E-state index in [1.165, 1.54) is 24.5 Å². The monoisotopic (exact) mass is 505 g/mol. The topological polar surface area (TPSA) is 79.4 Å². The third kappa shape index (κ3) is 5.19.